The van der Waals surface area contributed by atoms with Crippen molar-refractivity contribution >= 4 is 15.8 Å². The van der Waals surface area contributed by atoms with Crippen LogP contribution in [0.4, 0.5) is 0 Å². The lowest BCUT2D eigenvalue weighted by Gasteiger charge is -1.96. The third-order valence-corrected chi connectivity index (χ3v) is 2.72. The van der Waals surface area contributed by atoms with Crippen molar-refractivity contribution in [3.63, 3.8) is 0 Å². The van der Waals surface area contributed by atoms with Crippen molar-refractivity contribution in [2.45, 2.75) is 4.90 Å². The Labute approximate surface area is 87.5 Å². The minimum absolute atomic E-state index is 0.184. The van der Waals surface area contributed by atoms with Gasteiger partial charge >= 0.3 is 5.97 Å². The molecule has 0 aliphatic rings. The molecular weight excluding hydrogens is 216 g/mol. The molecule has 0 radical (unpaired) electrons. The van der Waals surface area contributed by atoms with Crippen LogP contribution in [0.3, 0.4) is 0 Å². The number of hydrogen-bond acceptors (Lipinski definition) is 3. The lowest BCUT2D eigenvalue weighted by atomic mass is 10.2. The molecule has 0 unspecified atom stereocenters. The summed E-state index contributed by atoms with van der Waals surface area (Å²) in [6.07, 6.45) is 1.10. The highest BCUT2D eigenvalue weighted by Gasteiger charge is 2.04. The predicted molar refractivity (Wildman–Crippen MR) is 54.1 cm³/mol. The molecule has 0 aliphatic heterocycles. The molecule has 0 atom stereocenters. The molecule has 0 amide bonds. The number of hydrogen-bond donors (Lipinski definition) is 1. The number of rotatable bonds is 1. The maximum atomic E-state index is 11.1. The van der Waals surface area contributed by atoms with Crippen molar-refractivity contribution in [2.24, 2.45) is 0 Å². The molecule has 0 aromatic heterocycles. The van der Waals surface area contributed by atoms with E-state index in [1.165, 1.54) is 24.3 Å². The lowest BCUT2D eigenvalue weighted by Crippen LogP contribution is -1.96. The van der Waals surface area contributed by atoms with E-state index < -0.39 is 15.8 Å². The van der Waals surface area contributed by atoms with Crippen molar-refractivity contribution in [3.05, 3.63) is 29.8 Å². The van der Waals surface area contributed by atoms with Crippen LogP contribution in [-0.4, -0.2) is 25.7 Å². The SMILES string of the molecule is CS(=O)(=O)c1ccc(C#CC(=O)O)cc1. The van der Waals surface area contributed by atoms with E-state index in [9.17, 15) is 13.2 Å². The Morgan fingerprint density at radius 1 is 1.27 bits per heavy atom. The molecule has 0 fully saturated rings. The van der Waals surface area contributed by atoms with Crippen molar-refractivity contribution in [2.75, 3.05) is 6.26 Å². The van der Waals surface area contributed by atoms with Crippen molar-refractivity contribution < 1.29 is 18.3 Å². The monoisotopic (exact) mass is 224 g/mol. The zero-order chi connectivity index (χ0) is 11.5. The third kappa shape index (κ3) is 3.44. The molecule has 1 aromatic carbocycles. The van der Waals surface area contributed by atoms with E-state index in [0.717, 1.165) is 6.26 Å². The number of carboxylic acids is 1. The molecule has 5 heteroatoms. The molecule has 0 saturated heterocycles. The maximum Gasteiger partial charge on any atom is 0.382 e. The van der Waals surface area contributed by atoms with Gasteiger partial charge in [0.15, 0.2) is 9.84 Å². The number of carboxylic acid groups (broad SMARTS) is 1. The van der Waals surface area contributed by atoms with E-state index in [4.69, 9.17) is 5.11 Å². The minimum atomic E-state index is -3.22. The molecule has 1 rings (SSSR count). The normalized spacial score (nSPS) is 10.2. The Bertz CT molecular complexity index is 529. The first-order chi connectivity index (χ1) is 6.89. The summed E-state index contributed by atoms with van der Waals surface area (Å²) in [5.74, 6) is 3.10. The third-order valence-electron chi connectivity index (χ3n) is 1.60. The average Bonchev–Trinajstić information content (AvgIpc) is 2.14. The number of carbonyl (C=O) groups is 1. The van der Waals surface area contributed by atoms with E-state index >= 15 is 0 Å². The second kappa shape index (κ2) is 4.15. The molecular formula is C10H8O4S. The van der Waals surface area contributed by atoms with Crippen LogP contribution in [0.5, 0.6) is 0 Å². The van der Waals surface area contributed by atoms with E-state index in [-0.39, 0.29) is 4.90 Å². The van der Waals surface area contributed by atoms with E-state index in [0.29, 0.717) is 5.56 Å². The molecule has 15 heavy (non-hydrogen) atoms. The second-order valence-electron chi connectivity index (χ2n) is 2.85. The van der Waals surface area contributed by atoms with Crippen LogP contribution in [0.25, 0.3) is 0 Å². The predicted octanol–water partition coefficient (Wildman–Crippen LogP) is 0.526. The molecule has 0 heterocycles. The average molecular weight is 224 g/mol. The van der Waals surface area contributed by atoms with Crippen LogP contribution in [-0.2, 0) is 14.6 Å². The topological polar surface area (TPSA) is 71.4 Å². The first kappa shape index (κ1) is 11.3. The van der Waals surface area contributed by atoms with Crippen molar-refractivity contribution in [1.29, 1.82) is 0 Å². The van der Waals surface area contributed by atoms with Crippen molar-refractivity contribution in [3.8, 4) is 11.8 Å². The van der Waals surface area contributed by atoms with Gasteiger partial charge in [-0.15, -0.1) is 0 Å². The summed E-state index contributed by atoms with van der Waals surface area (Å²) in [5.41, 5.74) is 0.463. The van der Waals surface area contributed by atoms with Crippen LogP contribution in [0, 0.1) is 11.8 Å². The fourth-order valence-electron chi connectivity index (χ4n) is 0.911. The molecule has 78 valence electrons. The Balaban J connectivity index is 3.03. The summed E-state index contributed by atoms with van der Waals surface area (Å²) < 4.78 is 22.2. The quantitative estimate of drug-likeness (QED) is 0.706. The highest BCUT2D eigenvalue weighted by Crippen LogP contribution is 2.09. The summed E-state index contributed by atoms with van der Waals surface area (Å²) >= 11 is 0. The fourth-order valence-corrected chi connectivity index (χ4v) is 1.54. The van der Waals surface area contributed by atoms with Crippen LogP contribution in [0.15, 0.2) is 29.2 Å². The van der Waals surface area contributed by atoms with Crippen LogP contribution >= 0.6 is 0 Å². The molecule has 1 N–H and O–H groups in total. The van der Waals surface area contributed by atoms with Gasteiger partial charge in [-0.3, -0.25) is 0 Å². The van der Waals surface area contributed by atoms with Gasteiger partial charge in [-0.05, 0) is 24.3 Å². The van der Waals surface area contributed by atoms with Crippen molar-refractivity contribution in [1.82, 2.24) is 0 Å². The van der Waals surface area contributed by atoms with Gasteiger partial charge in [0.05, 0.1) is 4.90 Å². The van der Waals surface area contributed by atoms with E-state index in [1.807, 2.05) is 5.92 Å². The van der Waals surface area contributed by atoms with Gasteiger partial charge in [-0.25, -0.2) is 13.2 Å². The summed E-state index contributed by atoms with van der Waals surface area (Å²) in [7, 11) is -3.22. The molecule has 0 bridgehead atoms. The van der Waals surface area contributed by atoms with Gasteiger partial charge in [0, 0.05) is 17.7 Å². The Morgan fingerprint density at radius 2 is 1.80 bits per heavy atom. The van der Waals surface area contributed by atoms with Crippen LogP contribution in [0.1, 0.15) is 5.56 Å². The summed E-state index contributed by atoms with van der Waals surface area (Å²) in [6, 6.07) is 5.71. The molecule has 0 saturated carbocycles. The zero-order valence-corrected chi connectivity index (χ0v) is 8.71. The molecule has 0 spiro atoms. The first-order valence-corrected chi connectivity index (χ1v) is 5.84. The van der Waals surface area contributed by atoms with Gasteiger partial charge in [0.25, 0.3) is 0 Å². The summed E-state index contributed by atoms with van der Waals surface area (Å²) in [5, 5.41) is 8.29. The largest absolute Gasteiger partial charge is 0.472 e. The van der Waals surface area contributed by atoms with Crippen LogP contribution in [0.2, 0.25) is 0 Å². The summed E-state index contributed by atoms with van der Waals surface area (Å²) in [4.78, 5) is 10.3. The smallest absolute Gasteiger partial charge is 0.382 e. The maximum absolute atomic E-state index is 11.1. The Hall–Kier alpha value is -1.80. The van der Waals surface area contributed by atoms with Gasteiger partial charge in [-0.1, -0.05) is 5.92 Å². The Morgan fingerprint density at radius 3 is 2.20 bits per heavy atom. The summed E-state index contributed by atoms with van der Waals surface area (Å²) in [6.45, 7) is 0. The van der Waals surface area contributed by atoms with Crippen LogP contribution < -0.4 is 0 Å². The highest BCUT2D eigenvalue weighted by atomic mass is 32.2. The standard InChI is InChI=1S/C10H8O4S/c1-15(13,14)9-5-2-8(3-6-9)4-7-10(11)12/h2-3,5-6H,1H3,(H,11,12). The lowest BCUT2D eigenvalue weighted by molar-refractivity contribution is -0.130. The minimum Gasteiger partial charge on any atom is -0.472 e. The van der Waals surface area contributed by atoms with Gasteiger partial charge < -0.3 is 5.11 Å². The first-order valence-electron chi connectivity index (χ1n) is 3.94. The van der Waals surface area contributed by atoms with E-state index in [1.54, 1.807) is 0 Å². The number of aliphatic carboxylic acids is 1. The zero-order valence-electron chi connectivity index (χ0n) is 7.89. The van der Waals surface area contributed by atoms with Gasteiger partial charge in [-0.2, -0.15) is 0 Å². The fraction of sp³-hybridized carbons (Fsp3) is 0.100. The highest BCUT2D eigenvalue weighted by molar-refractivity contribution is 7.90. The van der Waals surface area contributed by atoms with Gasteiger partial charge in [0.1, 0.15) is 0 Å². The molecule has 4 nitrogen and oxygen atoms in total. The second-order valence-corrected chi connectivity index (χ2v) is 4.87. The van der Waals surface area contributed by atoms with E-state index in [2.05, 4.69) is 5.92 Å². The number of benzene rings is 1. The molecule has 1 aromatic rings. The number of sulfone groups is 1. The molecule has 0 aliphatic carbocycles. The Kier molecular flexibility index (Phi) is 3.12. The van der Waals surface area contributed by atoms with Gasteiger partial charge in [0.2, 0.25) is 0 Å².